The highest BCUT2D eigenvalue weighted by atomic mass is 28.4. The molecule has 8 heteroatoms. The van der Waals surface area contributed by atoms with Crippen LogP contribution in [0.4, 0.5) is 16.2 Å². The van der Waals surface area contributed by atoms with E-state index >= 15 is 0 Å². The number of fused-ring (bicyclic) bond motifs is 1. The van der Waals surface area contributed by atoms with E-state index in [0.29, 0.717) is 12.2 Å². The van der Waals surface area contributed by atoms with Gasteiger partial charge in [0, 0.05) is 35.8 Å². The van der Waals surface area contributed by atoms with E-state index in [-0.39, 0.29) is 11.1 Å². The minimum absolute atomic E-state index is 0.119. The number of aryl methyl sites for hydroxylation is 1. The molecule has 34 heavy (non-hydrogen) atoms. The second kappa shape index (κ2) is 9.72. The summed E-state index contributed by atoms with van der Waals surface area (Å²) in [5.74, 6) is 6.65. The average Bonchev–Trinajstić information content (AvgIpc) is 3.04. The smallest absolute Gasteiger partial charge is 0.335 e. The Labute approximate surface area is 204 Å². The number of aromatic nitrogens is 1. The van der Waals surface area contributed by atoms with Crippen molar-refractivity contribution in [3.63, 3.8) is 0 Å². The third-order valence-electron chi connectivity index (χ3n) is 6.71. The number of nitrogens with two attached hydrogens (primary N) is 2. The van der Waals surface area contributed by atoms with Crippen molar-refractivity contribution in [2.24, 2.45) is 5.84 Å². The van der Waals surface area contributed by atoms with Crippen LogP contribution in [0.25, 0.3) is 22.2 Å². The van der Waals surface area contributed by atoms with Gasteiger partial charge in [-0.05, 0) is 55.7 Å². The number of nitrogen functional groups attached to an aromatic ring is 1. The molecule has 1 heterocycles. The van der Waals surface area contributed by atoms with Crippen LogP contribution < -0.4 is 21.3 Å². The van der Waals surface area contributed by atoms with Crippen molar-refractivity contribution in [1.82, 2.24) is 9.58 Å². The van der Waals surface area contributed by atoms with Gasteiger partial charge in [-0.15, -0.1) is 0 Å². The molecule has 0 atom stereocenters. The maximum atomic E-state index is 12.2. The lowest BCUT2D eigenvalue weighted by atomic mass is 10.1. The van der Waals surface area contributed by atoms with Crippen molar-refractivity contribution in [3.05, 3.63) is 42.5 Å². The van der Waals surface area contributed by atoms with E-state index in [1.165, 1.54) is 5.01 Å². The lowest BCUT2D eigenvalue weighted by Crippen LogP contribution is -2.43. The lowest BCUT2D eigenvalue weighted by Gasteiger charge is -2.36. The number of carbonyl (C=O) groups excluding carboxylic acids is 1. The molecule has 0 spiro atoms. The predicted molar refractivity (Wildman–Crippen MR) is 145 cm³/mol. The molecule has 2 amide bonds. The molecule has 2 aromatic carbocycles. The maximum absolute atomic E-state index is 12.2. The number of nitrogens with zero attached hydrogens (tertiary/aromatic N) is 2. The maximum Gasteiger partial charge on any atom is 0.335 e. The summed E-state index contributed by atoms with van der Waals surface area (Å²) < 4.78 is 8.77. The Bertz CT molecular complexity index is 1160. The van der Waals surface area contributed by atoms with E-state index < -0.39 is 8.32 Å². The SMILES string of the molecule is CCCN(N)C(=O)Nc1ccc(-c2c(N)c3ccc(O[Si](C)(C)C(C)(C)C)cc3n2CC)cc1. The molecule has 1 aromatic heterocycles. The summed E-state index contributed by atoms with van der Waals surface area (Å²) in [7, 11) is -1.95. The van der Waals surface area contributed by atoms with Gasteiger partial charge in [0.05, 0.1) is 16.9 Å². The van der Waals surface area contributed by atoms with Gasteiger partial charge in [-0.1, -0.05) is 39.8 Å². The number of amides is 2. The number of anilines is 2. The zero-order chi connectivity index (χ0) is 25.3. The van der Waals surface area contributed by atoms with E-state index in [9.17, 15) is 4.79 Å². The second-order valence-electron chi connectivity index (χ2n) is 10.2. The van der Waals surface area contributed by atoms with Gasteiger partial charge in [0.2, 0.25) is 8.32 Å². The Morgan fingerprint density at radius 1 is 1.12 bits per heavy atom. The standard InChI is InChI=1S/C26H39N5O2Si/c1-8-16-31(28)25(32)29-19-12-10-18(11-13-19)24-23(27)21-15-14-20(17-22(21)30(24)9-2)33-34(6,7)26(3,4)5/h10-15,17H,8-9,16,27-28H2,1-7H3,(H,29,32). The number of hydrazine groups is 1. The molecule has 0 fully saturated rings. The molecule has 0 saturated carbocycles. The number of rotatable bonds is 7. The molecular formula is C26H39N5O2Si. The highest BCUT2D eigenvalue weighted by Gasteiger charge is 2.39. The number of hydrogen-bond donors (Lipinski definition) is 3. The van der Waals surface area contributed by atoms with E-state index in [2.05, 4.69) is 62.8 Å². The molecule has 0 aliphatic rings. The van der Waals surface area contributed by atoms with Gasteiger partial charge < -0.3 is 20.0 Å². The highest BCUT2D eigenvalue weighted by Crippen LogP contribution is 2.41. The van der Waals surface area contributed by atoms with Gasteiger partial charge in [0.25, 0.3) is 0 Å². The number of carbonyl (C=O) groups is 1. The molecule has 0 unspecified atom stereocenters. The molecule has 0 bridgehead atoms. The van der Waals surface area contributed by atoms with E-state index in [4.69, 9.17) is 16.0 Å². The molecule has 3 aromatic rings. The van der Waals surface area contributed by atoms with Crippen molar-refractivity contribution in [1.29, 1.82) is 0 Å². The Kier molecular flexibility index (Phi) is 7.33. The fourth-order valence-electron chi connectivity index (χ4n) is 3.76. The molecule has 3 rings (SSSR count). The minimum atomic E-state index is -1.95. The summed E-state index contributed by atoms with van der Waals surface area (Å²) >= 11 is 0. The topological polar surface area (TPSA) is 98.5 Å². The Hall–Kier alpha value is -2.97. The van der Waals surface area contributed by atoms with E-state index in [1.807, 2.05) is 37.3 Å². The summed E-state index contributed by atoms with van der Waals surface area (Å²) in [5.41, 5.74) is 11.1. The van der Waals surface area contributed by atoms with Crippen molar-refractivity contribution in [2.75, 3.05) is 17.6 Å². The summed E-state index contributed by atoms with van der Waals surface area (Å²) in [6, 6.07) is 13.5. The normalized spacial score (nSPS) is 12.1. The molecular weight excluding hydrogens is 442 g/mol. The monoisotopic (exact) mass is 481 g/mol. The van der Waals surface area contributed by atoms with Gasteiger partial charge in [-0.3, -0.25) is 5.01 Å². The fraction of sp³-hybridized carbons (Fsp3) is 0.423. The van der Waals surface area contributed by atoms with Crippen LogP contribution in [-0.2, 0) is 6.54 Å². The summed E-state index contributed by atoms with van der Waals surface area (Å²) in [6.45, 7) is 16.6. The van der Waals surface area contributed by atoms with Crippen molar-refractivity contribution < 1.29 is 9.22 Å². The third kappa shape index (κ3) is 5.08. The van der Waals surface area contributed by atoms with Crippen LogP contribution in [0.3, 0.4) is 0 Å². The summed E-state index contributed by atoms with van der Waals surface area (Å²) in [4.78, 5) is 12.2. The number of urea groups is 1. The molecule has 7 nitrogen and oxygen atoms in total. The number of nitrogens with one attached hydrogen (secondary N) is 1. The predicted octanol–water partition coefficient (Wildman–Crippen LogP) is 6.41. The van der Waals surface area contributed by atoms with Gasteiger partial charge in [0.15, 0.2) is 0 Å². The van der Waals surface area contributed by atoms with Crippen LogP contribution in [0.1, 0.15) is 41.0 Å². The Balaban J connectivity index is 1.95. The van der Waals surface area contributed by atoms with Crippen LogP contribution in [0.5, 0.6) is 5.75 Å². The quantitative estimate of drug-likeness (QED) is 0.157. The van der Waals surface area contributed by atoms with Crippen molar-refractivity contribution in [3.8, 4) is 17.0 Å². The van der Waals surface area contributed by atoms with Gasteiger partial charge >= 0.3 is 6.03 Å². The zero-order valence-electron chi connectivity index (χ0n) is 21.5. The Morgan fingerprint density at radius 2 is 1.76 bits per heavy atom. The minimum Gasteiger partial charge on any atom is -0.543 e. The summed E-state index contributed by atoms with van der Waals surface area (Å²) in [6.07, 6.45) is 0.798. The molecule has 0 aliphatic heterocycles. The molecule has 5 N–H and O–H groups in total. The first-order chi connectivity index (χ1) is 15.9. The van der Waals surface area contributed by atoms with Crippen LogP contribution in [-0.4, -0.2) is 30.5 Å². The van der Waals surface area contributed by atoms with E-state index in [1.54, 1.807) is 0 Å². The van der Waals surface area contributed by atoms with Crippen molar-refractivity contribution >= 4 is 36.6 Å². The number of hydrogen-bond acceptors (Lipinski definition) is 4. The van der Waals surface area contributed by atoms with Crippen LogP contribution in [0.15, 0.2) is 42.5 Å². The lowest BCUT2D eigenvalue weighted by molar-refractivity contribution is 0.213. The zero-order valence-corrected chi connectivity index (χ0v) is 22.5. The molecule has 0 radical (unpaired) electrons. The van der Waals surface area contributed by atoms with Gasteiger partial charge in [-0.2, -0.15) is 0 Å². The first-order valence-corrected chi connectivity index (χ1v) is 14.8. The van der Waals surface area contributed by atoms with E-state index in [0.717, 1.165) is 46.6 Å². The van der Waals surface area contributed by atoms with Crippen LogP contribution >= 0.6 is 0 Å². The summed E-state index contributed by atoms with van der Waals surface area (Å²) in [5, 5.41) is 5.14. The number of benzene rings is 2. The Morgan fingerprint density at radius 3 is 2.32 bits per heavy atom. The van der Waals surface area contributed by atoms with Gasteiger partial charge in [0.1, 0.15) is 5.75 Å². The van der Waals surface area contributed by atoms with Crippen LogP contribution in [0, 0.1) is 0 Å². The first-order valence-electron chi connectivity index (χ1n) is 11.9. The highest BCUT2D eigenvalue weighted by molar-refractivity contribution is 6.74. The van der Waals surface area contributed by atoms with Crippen molar-refractivity contribution in [2.45, 2.75) is 65.7 Å². The van der Waals surface area contributed by atoms with Gasteiger partial charge in [-0.25, -0.2) is 10.6 Å². The molecule has 0 aliphatic carbocycles. The average molecular weight is 482 g/mol. The van der Waals surface area contributed by atoms with Crippen LogP contribution in [0.2, 0.25) is 18.1 Å². The third-order valence-corrected chi connectivity index (χ3v) is 11.1. The first kappa shape index (κ1) is 25.6. The molecule has 184 valence electrons. The fourth-order valence-corrected chi connectivity index (χ4v) is 4.78. The second-order valence-corrected chi connectivity index (χ2v) is 15.0. The molecule has 0 saturated heterocycles. The largest absolute Gasteiger partial charge is 0.543 e.